The summed E-state index contributed by atoms with van der Waals surface area (Å²) in [4.78, 5) is 18.0. The third-order valence-electron chi connectivity index (χ3n) is 5.90. The number of aryl methyl sites for hydroxylation is 1. The Bertz CT molecular complexity index is 1400. The van der Waals surface area contributed by atoms with Gasteiger partial charge in [0.05, 0.1) is 17.8 Å². The van der Waals surface area contributed by atoms with Gasteiger partial charge >= 0.3 is 0 Å². The minimum absolute atomic E-state index is 0.0448. The summed E-state index contributed by atoms with van der Waals surface area (Å²) in [6.07, 6.45) is 7.57. The number of ether oxygens (including phenoxy) is 1. The minimum atomic E-state index is -0.913. The number of hydrogen-bond donors (Lipinski definition) is 0. The van der Waals surface area contributed by atoms with Crippen molar-refractivity contribution in [1.82, 2.24) is 9.55 Å². The standard InChI is InChI=1S/C29H26F2N2O2/c1-4-15-35-22-10-11-23-26(17-22)33(18-21-7-5-6-14-32-21)29(19(2)3)28(23)27(34)13-9-20-8-12-24(30)25(31)16-20/h1,5-8,10-12,14,16-17,19H,9,13,15,18H2,2-3H3. The van der Waals surface area contributed by atoms with Crippen LogP contribution >= 0.6 is 0 Å². The summed E-state index contributed by atoms with van der Waals surface area (Å²) >= 11 is 0. The number of hydrogen-bond acceptors (Lipinski definition) is 3. The number of pyridine rings is 1. The fourth-order valence-electron chi connectivity index (χ4n) is 4.36. The number of carbonyl (C=O) groups excluding carboxylic acids is 1. The number of terminal acetylenes is 1. The Morgan fingerprint density at radius 3 is 2.63 bits per heavy atom. The highest BCUT2D eigenvalue weighted by Gasteiger charge is 2.25. The molecule has 178 valence electrons. The van der Waals surface area contributed by atoms with Crippen LogP contribution in [-0.2, 0) is 13.0 Å². The molecule has 0 fully saturated rings. The zero-order valence-electron chi connectivity index (χ0n) is 19.7. The van der Waals surface area contributed by atoms with E-state index in [1.807, 2.05) is 44.2 Å². The number of nitrogens with zero attached hydrogens (tertiary/aromatic N) is 2. The summed E-state index contributed by atoms with van der Waals surface area (Å²) in [6, 6.07) is 15.1. The molecule has 0 N–H and O–H groups in total. The number of aromatic nitrogens is 2. The summed E-state index contributed by atoms with van der Waals surface area (Å²) in [6.45, 7) is 4.72. The molecule has 6 heteroatoms. The van der Waals surface area contributed by atoms with Crippen molar-refractivity contribution in [3.8, 4) is 18.1 Å². The van der Waals surface area contributed by atoms with Crippen LogP contribution in [0.3, 0.4) is 0 Å². The molecule has 2 aromatic carbocycles. The summed E-state index contributed by atoms with van der Waals surface area (Å²) < 4.78 is 34.7. The fourth-order valence-corrected chi connectivity index (χ4v) is 4.36. The van der Waals surface area contributed by atoms with Crippen LogP contribution in [0.5, 0.6) is 5.75 Å². The first-order valence-corrected chi connectivity index (χ1v) is 11.5. The van der Waals surface area contributed by atoms with E-state index >= 15 is 0 Å². The van der Waals surface area contributed by atoms with Crippen molar-refractivity contribution >= 4 is 16.7 Å². The van der Waals surface area contributed by atoms with Crippen LogP contribution in [-0.4, -0.2) is 21.9 Å². The van der Waals surface area contributed by atoms with E-state index in [9.17, 15) is 13.6 Å². The molecular weight excluding hydrogens is 446 g/mol. The molecule has 0 aliphatic carbocycles. The van der Waals surface area contributed by atoms with E-state index in [2.05, 4.69) is 15.5 Å². The Hall–Kier alpha value is -3.98. The lowest BCUT2D eigenvalue weighted by molar-refractivity contribution is 0.0982. The van der Waals surface area contributed by atoms with Crippen molar-refractivity contribution < 1.29 is 18.3 Å². The summed E-state index contributed by atoms with van der Waals surface area (Å²) in [5.41, 5.74) is 3.82. The van der Waals surface area contributed by atoms with E-state index in [0.717, 1.165) is 34.4 Å². The van der Waals surface area contributed by atoms with Gasteiger partial charge in [-0.1, -0.05) is 31.9 Å². The van der Waals surface area contributed by atoms with E-state index < -0.39 is 11.6 Å². The lowest BCUT2D eigenvalue weighted by atomic mass is 9.96. The molecule has 0 radical (unpaired) electrons. The zero-order valence-corrected chi connectivity index (χ0v) is 19.7. The molecule has 4 nitrogen and oxygen atoms in total. The second-order valence-corrected chi connectivity index (χ2v) is 8.67. The lowest BCUT2D eigenvalue weighted by Crippen LogP contribution is -2.11. The molecule has 0 aliphatic heterocycles. The van der Waals surface area contributed by atoms with Crippen molar-refractivity contribution in [2.45, 2.75) is 39.2 Å². The van der Waals surface area contributed by atoms with Crippen molar-refractivity contribution in [1.29, 1.82) is 0 Å². The largest absolute Gasteiger partial charge is 0.481 e. The van der Waals surface area contributed by atoms with Gasteiger partial charge in [0.2, 0.25) is 0 Å². The van der Waals surface area contributed by atoms with E-state index in [1.54, 1.807) is 12.3 Å². The van der Waals surface area contributed by atoms with Gasteiger partial charge < -0.3 is 9.30 Å². The number of fused-ring (bicyclic) bond motifs is 1. The smallest absolute Gasteiger partial charge is 0.165 e. The molecule has 0 unspecified atom stereocenters. The molecular formula is C29H26F2N2O2. The molecule has 2 aromatic heterocycles. The van der Waals surface area contributed by atoms with Gasteiger partial charge in [0, 0.05) is 35.3 Å². The van der Waals surface area contributed by atoms with Crippen LogP contribution < -0.4 is 4.74 Å². The van der Waals surface area contributed by atoms with Crippen LogP contribution in [0.25, 0.3) is 10.9 Å². The van der Waals surface area contributed by atoms with Crippen molar-refractivity contribution in [3.05, 3.63) is 94.9 Å². The Labute approximate surface area is 203 Å². The molecule has 4 aromatic rings. The maximum absolute atomic E-state index is 13.6. The van der Waals surface area contributed by atoms with Gasteiger partial charge in [-0.15, -0.1) is 6.42 Å². The highest BCUT2D eigenvalue weighted by Crippen LogP contribution is 2.35. The fraction of sp³-hybridized carbons (Fsp3) is 0.241. The van der Waals surface area contributed by atoms with E-state index in [-0.39, 0.29) is 24.7 Å². The highest BCUT2D eigenvalue weighted by atomic mass is 19.2. The molecule has 0 atom stereocenters. The first-order valence-electron chi connectivity index (χ1n) is 11.5. The van der Waals surface area contributed by atoms with Gasteiger partial charge in [0.15, 0.2) is 17.4 Å². The molecule has 35 heavy (non-hydrogen) atoms. The van der Waals surface area contributed by atoms with E-state index in [4.69, 9.17) is 11.2 Å². The number of ketones is 1. The number of benzene rings is 2. The highest BCUT2D eigenvalue weighted by molar-refractivity contribution is 6.10. The van der Waals surface area contributed by atoms with Gasteiger partial charge in [-0.05, 0) is 54.3 Å². The lowest BCUT2D eigenvalue weighted by Gasteiger charge is -2.15. The molecule has 0 amide bonds. The monoisotopic (exact) mass is 472 g/mol. The van der Waals surface area contributed by atoms with Crippen LogP contribution in [0.1, 0.15) is 53.5 Å². The Kier molecular flexibility index (Phi) is 7.26. The quantitative estimate of drug-likeness (QED) is 0.212. The third kappa shape index (κ3) is 5.25. The van der Waals surface area contributed by atoms with Crippen molar-refractivity contribution in [2.24, 2.45) is 0 Å². The zero-order chi connectivity index (χ0) is 24.9. The minimum Gasteiger partial charge on any atom is -0.481 e. The van der Waals surface area contributed by atoms with E-state index in [1.165, 1.54) is 6.07 Å². The average Bonchev–Trinajstić information content (AvgIpc) is 3.17. The molecule has 0 saturated carbocycles. The van der Waals surface area contributed by atoms with Gasteiger partial charge in [0.25, 0.3) is 0 Å². The Balaban J connectivity index is 1.78. The summed E-state index contributed by atoms with van der Waals surface area (Å²) in [5, 5.41) is 0.813. The topological polar surface area (TPSA) is 44.1 Å². The number of halogens is 2. The second kappa shape index (κ2) is 10.5. The van der Waals surface area contributed by atoms with Gasteiger partial charge in [-0.3, -0.25) is 9.78 Å². The number of Topliss-reactive ketones (excluding diaryl/α,β-unsaturated/α-hetero) is 1. The molecule has 0 aliphatic rings. The van der Waals surface area contributed by atoms with Gasteiger partial charge in [-0.25, -0.2) is 8.78 Å². The molecule has 2 heterocycles. The first-order chi connectivity index (χ1) is 16.9. The maximum atomic E-state index is 13.6. The van der Waals surface area contributed by atoms with Crippen LogP contribution in [0, 0.1) is 24.0 Å². The summed E-state index contributed by atoms with van der Waals surface area (Å²) in [5.74, 6) is 1.26. The maximum Gasteiger partial charge on any atom is 0.165 e. The van der Waals surface area contributed by atoms with Crippen molar-refractivity contribution in [3.63, 3.8) is 0 Å². The molecule has 0 spiro atoms. The van der Waals surface area contributed by atoms with Crippen molar-refractivity contribution in [2.75, 3.05) is 6.61 Å². The second-order valence-electron chi connectivity index (χ2n) is 8.67. The predicted octanol–water partition coefficient (Wildman–Crippen LogP) is 6.31. The average molecular weight is 473 g/mol. The predicted molar refractivity (Wildman–Crippen MR) is 133 cm³/mol. The SMILES string of the molecule is C#CCOc1ccc2c(C(=O)CCc3ccc(F)c(F)c3)c(C(C)C)n(Cc3ccccn3)c2c1. The normalized spacial score (nSPS) is 11.1. The molecule has 4 rings (SSSR count). The van der Waals surface area contributed by atoms with Crippen LogP contribution in [0.15, 0.2) is 60.8 Å². The van der Waals surface area contributed by atoms with Crippen LogP contribution in [0.4, 0.5) is 8.78 Å². The summed E-state index contributed by atoms with van der Waals surface area (Å²) in [7, 11) is 0. The Morgan fingerprint density at radius 1 is 1.11 bits per heavy atom. The number of carbonyl (C=O) groups is 1. The molecule has 0 bridgehead atoms. The van der Waals surface area contributed by atoms with E-state index in [0.29, 0.717) is 29.8 Å². The molecule has 0 saturated heterocycles. The third-order valence-corrected chi connectivity index (χ3v) is 5.90. The Morgan fingerprint density at radius 2 is 1.94 bits per heavy atom. The number of rotatable bonds is 9. The van der Waals surface area contributed by atoms with Gasteiger partial charge in [0.1, 0.15) is 12.4 Å². The van der Waals surface area contributed by atoms with Crippen LogP contribution in [0.2, 0.25) is 0 Å². The van der Waals surface area contributed by atoms with Gasteiger partial charge in [-0.2, -0.15) is 0 Å². The first kappa shape index (κ1) is 24.2.